The SMILES string of the molecule is Cc1ccsc1-c1cccc(NC(=O)NCC2(O)CCSC2)c1. The molecular formula is C17H20N2O2S2. The van der Waals surface area contributed by atoms with Crippen LogP contribution < -0.4 is 10.6 Å². The monoisotopic (exact) mass is 348 g/mol. The number of thioether (sulfide) groups is 1. The number of amides is 2. The Hall–Kier alpha value is -1.50. The quantitative estimate of drug-likeness (QED) is 0.789. The molecule has 122 valence electrons. The van der Waals surface area contributed by atoms with E-state index in [0.717, 1.165) is 23.4 Å². The van der Waals surface area contributed by atoms with Crippen LogP contribution >= 0.6 is 23.1 Å². The first-order valence-corrected chi connectivity index (χ1v) is 9.59. The van der Waals surface area contributed by atoms with Gasteiger partial charge >= 0.3 is 6.03 Å². The molecule has 0 saturated carbocycles. The number of benzene rings is 1. The van der Waals surface area contributed by atoms with E-state index in [2.05, 4.69) is 29.0 Å². The molecule has 0 radical (unpaired) electrons. The van der Waals surface area contributed by atoms with Crippen molar-refractivity contribution in [2.75, 3.05) is 23.4 Å². The van der Waals surface area contributed by atoms with Crippen molar-refractivity contribution in [3.8, 4) is 10.4 Å². The molecular weight excluding hydrogens is 328 g/mol. The van der Waals surface area contributed by atoms with Gasteiger partial charge in [-0.3, -0.25) is 0 Å². The molecule has 3 N–H and O–H groups in total. The predicted molar refractivity (Wildman–Crippen MR) is 98.4 cm³/mol. The van der Waals surface area contributed by atoms with Crippen molar-refractivity contribution in [1.82, 2.24) is 5.32 Å². The lowest BCUT2D eigenvalue weighted by molar-refractivity contribution is 0.0706. The van der Waals surface area contributed by atoms with E-state index in [1.54, 1.807) is 23.1 Å². The third-order valence-corrected chi connectivity index (χ3v) is 6.21. The van der Waals surface area contributed by atoms with Gasteiger partial charge in [-0.05, 0) is 53.8 Å². The van der Waals surface area contributed by atoms with E-state index in [4.69, 9.17) is 0 Å². The Morgan fingerprint density at radius 2 is 2.26 bits per heavy atom. The molecule has 3 rings (SSSR count). The van der Waals surface area contributed by atoms with Crippen LogP contribution in [-0.4, -0.2) is 34.8 Å². The second-order valence-electron chi connectivity index (χ2n) is 5.85. The summed E-state index contributed by atoms with van der Waals surface area (Å²) in [5.41, 5.74) is 2.32. The van der Waals surface area contributed by atoms with Gasteiger partial charge in [0.05, 0.1) is 5.60 Å². The minimum Gasteiger partial charge on any atom is -0.387 e. The van der Waals surface area contributed by atoms with Gasteiger partial charge in [0.2, 0.25) is 0 Å². The van der Waals surface area contributed by atoms with Crippen molar-refractivity contribution in [1.29, 1.82) is 0 Å². The van der Waals surface area contributed by atoms with Gasteiger partial charge in [0, 0.05) is 22.9 Å². The molecule has 0 spiro atoms. The first-order valence-electron chi connectivity index (χ1n) is 7.55. The van der Waals surface area contributed by atoms with Crippen LogP contribution in [0.5, 0.6) is 0 Å². The number of urea groups is 1. The standard InChI is InChI=1S/C17H20N2O2S2/c1-12-5-7-23-15(12)13-3-2-4-14(9-13)19-16(20)18-10-17(21)6-8-22-11-17/h2-5,7,9,21H,6,8,10-11H2,1H3,(H2,18,19,20). The summed E-state index contributed by atoms with van der Waals surface area (Å²) in [6, 6.07) is 9.62. The Labute approximate surface area is 144 Å². The topological polar surface area (TPSA) is 61.4 Å². The van der Waals surface area contributed by atoms with Crippen LogP contribution in [-0.2, 0) is 0 Å². The highest BCUT2D eigenvalue weighted by atomic mass is 32.2. The zero-order valence-corrected chi connectivity index (χ0v) is 14.6. The zero-order chi connectivity index (χ0) is 16.3. The Morgan fingerprint density at radius 3 is 2.96 bits per heavy atom. The Bertz CT molecular complexity index is 693. The van der Waals surface area contributed by atoms with Crippen LogP contribution in [0.1, 0.15) is 12.0 Å². The maximum Gasteiger partial charge on any atom is 0.319 e. The highest BCUT2D eigenvalue weighted by Crippen LogP contribution is 2.30. The smallest absolute Gasteiger partial charge is 0.319 e. The van der Waals surface area contributed by atoms with Gasteiger partial charge in [0.1, 0.15) is 0 Å². The van der Waals surface area contributed by atoms with E-state index in [-0.39, 0.29) is 12.6 Å². The summed E-state index contributed by atoms with van der Waals surface area (Å²) >= 11 is 3.41. The first-order chi connectivity index (χ1) is 11.1. The molecule has 1 unspecified atom stereocenters. The van der Waals surface area contributed by atoms with Crippen molar-refractivity contribution in [2.24, 2.45) is 0 Å². The van der Waals surface area contributed by atoms with E-state index < -0.39 is 5.60 Å². The zero-order valence-electron chi connectivity index (χ0n) is 13.0. The number of aliphatic hydroxyl groups is 1. The number of nitrogens with one attached hydrogen (secondary N) is 2. The number of hydrogen-bond donors (Lipinski definition) is 3. The first kappa shape index (κ1) is 16.4. The van der Waals surface area contributed by atoms with Crippen LogP contribution in [0.2, 0.25) is 0 Å². The number of thiophene rings is 1. The fraction of sp³-hybridized carbons (Fsp3) is 0.353. The summed E-state index contributed by atoms with van der Waals surface area (Å²) < 4.78 is 0. The minimum atomic E-state index is -0.766. The van der Waals surface area contributed by atoms with Crippen molar-refractivity contribution >= 4 is 34.8 Å². The molecule has 1 saturated heterocycles. The molecule has 2 aromatic rings. The molecule has 4 nitrogen and oxygen atoms in total. The number of hydrogen-bond acceptors (Lipinski definition) is 4. The average molecular weight is 348 g/mol. The summed E-state index contributed by atoms with van der Waals surface area (Å²) in [6.07, 6.45) is 0.727. The second-order valence-corrected chi connectivity index (χ2v) is 7.87. The van der Waals surface area contributed by atoms with Crippen LogP contribution in [0, 0.1) is 6.92 Å². The molecule has 0 bridgehead atoms. The Balaban J connectivity index is 1.61. The summed E-state index contributed by atoms with van der Waals surface area (Å²) in [6.45, 7) is 2.37. The van der Waals surface area contributed by atoms with Crippen molar-refractivity contribution in [3.05, 3.63) is 41.3 Å². The third-order valence-electron chi connectivity index (χ3n) is 3.91. The number of rotatable bonds is 4. The molecule has 1 fully saturated rings. The van der Waals surface area contributed by atoms with Gasteiger partial charge in [-0.15, -0.1) is 11.3 Å². The molecule has 1 aliphatic heterocycles. The molecule has 2 amide bonds. The minimum absolute atomic E-state index is 0.282. The Kier molecular flexibility index (Phi) is 4.94. The van der Waals surface area contributed by atoms with Gasteiger partial charge in [-0.2, -0.15) is 11.8 Å². The van der Waals surface area contributed by atoms with Gasteiger partial charge in [-0.1, -0.05) is 12.1 Å². The Morgan fingerprint density at radius 1 is 1.39 bits per heavy atom. The van der Waals surface area contributed by atoms with E-state index in [1.165, 1.54) is 10.4 Å². The molecule has 23 heavy (non-hydrogen) atoms. The van der Waals surface area contributed by atoms with E-state index in [1.807, 2.05) is 24.3 Å². The van der Waals surface area contributed by atoms with Crippen molar-refractivity contribution < 1.29 is 9.90 Å². The van der Waals surface area contributed by atoms with Crippen LogP contribution in [0.25, 0.3) is 10.4 Å². The van der Waals surface area contributed by atoms with Gasteiger partial charge in [0.15, 0.2) is 0 Å². The maximum atomic E-state index is 12.0. The summed E-state index contributed by atoms with van der Waals surface area (Å²) in [7, 11) is 0. The normalized spacial score (nSPS) is 20.4. The third kappa shape index (κ3) is 4.07. The number of carbonyl (C=O) groups is 1. The van der Waals surface area contributed by atoms with Gasteiger partial charge in [0.25, 0.3) is 0 Å². The fourth-order valence-corrected chi connectivity index (χ4v) is 4.78. The van der Waals surface area contributed by atoms with Crippen LogP contribution in [0.15, 0.2) is 35.7 Å². The number of aryl methyl sites for hydroxylation is 1. The summed E-state index contributed by atoms with van der Waals surface area (Å²) in [5.74, 6) is 1.63. The molecule has 0 aliphatic carbocycles. The lowest BCUT2D eigenvalue weighted by Gasteiger charge is -2.21. The van der Waals surface area contributed by atoms with Gasteiger partial charge in [-0.25, -0.2) is 4.79 Å². The number of anilines is 1. The molecule has 1 atom stereocenters. The summed E-state index contributed by atoms with van der Waals surface area (Å²) in [5, 5.41) is 17.9. The van der Waals surface area contributed by atoms with Gasteiger partial charge < -0.3 is 15.7 Å². The predicted octanol–water partition coefficient (Wildman–Crippen LogP) is 3.71. The van der Waals surface area contributed by atoms with Crippen molar-refractivity contribution in [2.45, 2.75) is 18.9 Å². The largest absolute Gasteiger partial charge is 0.387 e. The maximum absolute atomic E-state index is 12.0. The average Bonchev–Trinajstić information content (AvgIpc) is 3.15. The second kappa shape index (κ2) is 6.95. The lowest BCUT2D eigenvalue weighted by Crippen LogP contribution is -2.44. The van der Waals surface area contributed by atoms with E-state index in [9.17, 15) is 9.90 Å². The molecule has 6 heteroatoms. The number of carbonyl (C=O) groups excluding carboxylic acids is 1. The molecule has 1 aromatic heterocycles. The summed E-state index contributed by atoms with van der Waals surface area (Å²) in [4.78, 5) is 13.3. The molecule has 2 heterocycles. The van der Waals surface area contributed by atoms with E-state index in [0.29, 0.717) is 5.75 Å². The fourth-order valence-electron chi connectivity index (χ4n) is 2.56. The van der Waals surface area contributed by atoms with Crippen LogP contribution in [0.3, 0.4) is 0 Å². The van der Waals surface area contributed by atoms with Crippen LogP contribution in [0.4, 0.5) is 10.5 Å². The molecule has 1 aromatic carbocycles. The van der Waals surface area contributed by atoms with Crippen molar-refractivity contribution in [3.63, 3.8) is 0 Å². The van der Waals surface area contributed by atoms with E-state index >= 15 is 0 Å². The molecule has 1 aliphatic rings. The lowest BCUT2D eigenvalue weighted by atomic mass is 10.0. The highest BCUT2D eigenvalue weighted by Gasteiger charge is 2.31. The highest BCUT2D eigenvalue weighted by molar-refractivity contribution is 7.99.